The van der Waals surface area contributed by atoms with Crippen LogP contribution in [0.2, 0.25) is 0 Å². The fraction of sp³-hybridized carbons (Fsp3) is 0.455. The Labute approximate surface area is 110 Å². The number of alkyl halides is 1. The standard InChI is InChI=1S/C11H15ClN2O2S/c1-8(12)10(15)13-11(16)14(2)6-5-9-4-3-7-17-9/h3-4,7-8H,5-6H2,1-2H3,(H,13,15,16). The number of imide groups is 1. The molecule has 0 aliphatic heterocycles. The monoisotopic (exact) mass is 274 g/mol. The van der Waals surface area contributed by atoms with E-state index in [9.17, 15) is 9.59 Å². The van der Waals surface area contributed by atoms with E-state index in [1.807, 2.05) is 17.5 Å². The summed E-state index contributed by atoms with van der Waals surface area (Å²) in [6.45, 7) is 2.09. The molecule has 0 spiro atoms. The molecular formula is C11H15ClN2O2S. The lowest BCUT2D eigenvalue weighted by molar-refractivity contribution is -0.119. The Morgan fingerprint density at radius 1 is 1.59 bits per heavy atom. The Morgan fingerprint density at radius 3 is 2.82 bits per heavy atom. The van der Waals surface area contributed by atoms with E-state index in [2.05, 4.69) is 5.32 Å². The van der Waals surface area contributed by atoms with Crippen molar-refractivity contribution in [3.05, 3.63) is 22.4 Å². The SMILES string of the molecule is CC(Cl)C(=O)NC(=O)N(C)CCc1cccs1. The predicted octanol–water partition coefficient (Wildman–Crippen LogP) is 2.09. The van der Waals surface area contributed by atoms with Gasteiger partial charge >= 0.3 is 6.03 Å². The van der Waals surface area contributed by atoms with Crippen LogP contribution in [0.15, 0.2) is 17.5 Å². The summed E-state index contributed by atoms with van der Waals surface area (Å²) >= 11 is 7.20. The Hall–Kier alpha value is -1.07. The van der Waals surface area contributed by atoms with Crippen molar-refractivity contribution in [2.75, 3.05) is 13.6 Å². The first kappa shape index (κ1) is 14.0. The van der Waals surface area contributed by atoms with Gasteiger partial charge in [0.25, 0.3) is 0 Å². The molecule has 0 aliphatic rings. The van der Waals surface area contributed by atoms with Crippen LogP contribution in [0.3, 0.4) is 0 Å². The number of carbonyl (C=O) groups excluding carboxylic acids is 2. The molecule has 1 aromatic rings. The molecule has 6 heteroatoms. The number of thiophene rings is 1. The maximum atomic E-state index is 11.6. The molecule has 0 aliphatic carbocycles. The maximum Gasteiger partial charge on any atom is 0.323 e. The van der Waals surface area contributed by atoms with Crippen molar-refractivity contribution in [3.8, 4) is 0 Å². The number of carbonyl (C=O) groups is 2. The fourth-order valence-corrected chi connectivity index (χ4v) is 1.89. The molecule has 1 N–H and O–H groups in total. The number of rotatable bonds is 4. The molecule has 0 saturated carbocycles. The van der Waals surface area contributed by atoms with Gasteiger partial charge in [0.1, 0.15) is 5.38 Å². The number of likely N-dealkylation sites (N-methyl/N-ethyl adjacent to an activating group) is 1. The third kappa shape index (κ3) is 4.75. The van der Waals surface area contributed by atoms with Gasteiger partial charge in [-0.25, -0.2) is 4.79 Å². The largest absolute Gasteiger partial charge is 0.327 e. The number of hydrogen-bond donors (Lipinski definition) is 1. The highest BCUT2D eigenvalue weighted by molar-refractivity contribution is 7.09. The molecule has 0 aromatic carbocycles. The van der Waals surface area contributed by atoms with Gasteiger partial charge in [-0.15, -0.1) is 22.9 Å². The van der Waals surface area contributed by atoms with Crippen molar-refractivity contribution < 1.29 is 9.59 Å². The molecule has 1 unspecified atom stereocenters. The third-order valence-corrected chi connectivity index (χ3v) is 3.35. The molecule has 94 valence electrons. The van der Waals surface area contributed by atoms with Gasteiger partial charge < -0.3 is 4.90 Å². The van der Waals surface area contributed by atoms with Gasteiger partial charge in [-0.3, -0.25) is 10.1 Å². The summed E-state index contributed by atoms with van der Waals surface area (Å²) in [5, 5.41) is 3.52. The van der Waals surface area contributed by atoms with Gasteiger partial charge in [0.05, 0.1) is 0 Å². The van der Waals surface area contributed by atoms with Gasteiger partial charge in [0, 0.05) is 18.5 Å². The van der Waals surface area contributed by atoms with Crippen molar-refractivity contribution in [3.63, 3.8) is 0 Å². The van der Waals surface area contributed by atoms with E-state index >= 15 is 0 Å². The van der Waals surface area contributed by atoms with Gasteiger partial charge in [0.15, 0.2) is 0 Å². The molecule has 0 bridgehead atoms. The Kier molecular flexibility index (Phi) is 5.44. The van der Waals surface area contributed by atoms with Crippen molar-refractivity contribution in [1.82, 2.24) is 10.2 Å². The zero-order valence-corrected chi connectivity index (χ0v) is 11.3. The summed E-state index contributed by atoms with van der Waals surface area (Å²) in [5.41, 5.74) is 0. The minimum absolute atomic E-state index is 0.418. The van der Waals surface area contributed by atoms with Crippen molar-refractivity contribution in [1.29, 1.82) is 0 Å². The van der Waals surface area contributed by atoms with Crippen LogP contribution in [0.1, 0.15) is 11.8 Å². The zero-order valence-electron chi connectivity index (χ0n) is 9.77. The minimum atomic E-state index is -0.704. The van der Waals surface area contributed by atoms with Crippen LogP contribution in [-0.4, -0.2) is 35.8 Å². The van der Waals surface area contributed by atoms with Crippen LogP contribution in [0.25, 0.3) is 0 Å². The fourth-order valence-electron chi connectivity index (χ4n) is 1.13. The predicted molar refractivity (Wildman–Crippen MR) is 69.5 cm³/mol. The Balaban J connectivity index is 2.34. The van der Waals surface area contributed by atoms with E-state index in [4.69, 9.17) is 11.6 Å². The number of halogens is 1. The number of amides is 3. The van der Waals surface area contributed by atoms with Crippen LogP contribution in [0.4, 0.5) is 4.79 Å². The quantitative estimate of drug-likeness (QED) is 0.855. The zero-order chi connectivity index (χ0) is 12.8. The first-order valence-electron chi connectivity index (χ1n) is 5.23. The van der Waals surface area contributed by atoms with Crippen molar-refractivity contribution >= 4 is 34.9 Å². The molecule has 4 nitrogen and oxygen atoms in total. The highest BCUT2D eigenvalue weighted by Gasteiger charge is 2.15. The molecule has 17 heavy (non-hydrogen) atoms. The molecule has 0 saturated heterocycles. The smallest absolute Gasteiger partial charge is 0.323 e. The normalized spacial score (nSPS) is 11.9. The number of hydrogen-bond acceptors (Lipinski definition) is 3. The summed E-state index contributed by atoms with van der Waals surface area (Å²) in [5.74, 6) is -0.473. The van der Waals surface area contributed by atoms with Crippen molar-refractivity contribution in [2.45, 2.75) is 18.7 Å². The average Bonchev–Trinajstić information content (AvgIpc) is 2.78. The van der Waals surface area contributed by atoms with Crippen LogP contribution in [-0.2, 0) is 11.2 Å². The molecule has 0 radical (unpaired) electrons. The molecule has 0 fully saturated rings. The summed E-state index contributed by atoms with van der Waals surface area (Å²) in [4.78, 5) is 25.4. The summed E-state index contributed by atoms with van der Waals surface area (Å²) in [6.07, 6.45) is 0.784. The minimum Gasteiger partial charge on any atom is -0.327 e. The highest BCUT2D eigenvalue weighted by atomic mass is 35.5. The maximum absolute atomic E-state index is 11.6. The lowest BCUT2D eigenvalue weighted by Crippen LogP contribution is -2.43. The van der Waals surface area contributed by atoms with Crippen LogP contribution < -0.4 is 5.32 Å². The second kappa shape index (κ2) is 6.61. The Bertz CT molecular complexity index is 379. The molecule has 1 heterocycles. The molecule has 3 amide bonds. The first-order valence-corrected chi connectivity index (χ1v) is 6.54. The van der Waals surface area contributed by atoms with Crippen LogP contribution in [0, 0.1) is 0 Å². The highest BCUT2D eigenvalue weighted by Crippen LogP contribution is 2.09. The van der Waals surface area contributed by atoms with E-state index in [0.717, 1.165) is 6.42 Å². The number of nitrogens with one attached hydrogen (secondary N) is 1. The van der Waals surface area contributed by atoms with E-state index in [0.29, 0.717) is 6.54 Å². The third-order valence-electron chi connectivity index (χ3n) is 2.21. The average molecular weight is 275 g/mol. The topological polar surface area (TPSA) is 49.4 Å². The van der Waals surface area contributed by atoms with E-state index < -0.39 is 17.3 Å². The van der Waals surface area contributed by atoms with E-state index in [1.54, 1.807) is 18.4 Å². The lowest BCUT2D eigenvalue weighted by Gasteiger charge is -2.17. The van der Waals surface area contributed by atoms with Gasteiger partial charge in [-0.05, 0) is 24.8 Å². The second-order valence-electron chi connectivity index (χ2n) is 3.66. The molecule has 1 aromatic heterocycles. The Morgan fingerprint density at radius 2 is 2.29 bits per heavy atom. The summed E-state index contributed by atoms with van der Waals surface area (Å²) in [7, 11) is 1.65. The van der Waals surface area contributed by atoms with Gasteiger partial charge in [0.2, 0.25) is 5.91 Å². The van der Waals surface area contributed by atoms with E-state index in [1.165, 1.54) is 16.7 Å². The number of urea groups is 1. The summed E-state index contributed by atoms with van der Waals surface area (Å²) < 4.78 is 0. The first-order chi connectivity index (χ1) is 8.00. The van der Waals surface area contributed by atoms with Gasteiger partial charge in [-0.2, -0.15) is 0 Å². The van der Waals surface area contributed by atoms with Gasteiger partial charge in [-0.1, -0.05) is 6.07 Å². The molecular weight excluding hydrogens is 260 g/mol. The number of nitrogens with zero attached hydrogens (tertiary/aromatic N) is 1. The van der Waals surface area contributed by atoms with Crippen molar-refractivity contribution in [2.24, 2.45) is 0 Å². The molecule has 1 atom stereocenters. The van der Waals surface area contributed by atoms with Crippen LogP contribution >= 0.6 is 22.9 Å². The lowest BCUT2D eigenvalue weighted by atomic mass is 10.3. The van der Waals surface area contributed by atoms with Crippen LogP contribution in [0.5, 0.6) is 0 Å². The second-order valence-corrected chi connectivity index (χ2v) is 5.35. The van der Waals surface area contributed by atoms with E-state index in [-0.39, 0.29) is 0 Å². The molecule has 1 rings (SSSR count). The summed E-state index contributed by atoms with van der Waals surface area (Å²) in [6, 6.07) is 3.57.